The molecule has 5 N–H and O–H groups in total. The van der Waals surface area contributed by atoms with Crippen LogP contribution in [0, 0.1) is 0 Å². The Labute approximate surface area is 235 Å². The summed E-state index contributed by atoms with van der Waals surface area (Å²) in [5.41, 5.74) is 5.88. The van der Waals surface area contributed by atoms with Crippen molar-refractivity contribution in [2.45, 2.75) is 12.6 Å². The molecule has 0 saturated carbocycles. The number of ether oxygens (including phenoxy) is 2. The number of benzene rings is 1. The Morgan fingerprint density at radius 2 is 1.73 bits per heavy atom. The number of amides is 2. The van der Waals surface area contributed by atoms with Gasteiger partial charge in [0.1, 0.15) is 30.6 Å². The number of halogens is 5. The minimum atomic E-state index is -5.08. The number of carbonyl (C=O) groups is 3. The van der Waals surface area contributed by atoms with E-state index in [0.717, 1.165) is 0 Å². The Hall–Kier alpha value is -4.50. The van der Waals surface area contributed by atoms with Crippen molar-refractivity contribution in [2.24, 2.45) is 5.73 Å². The number of nitrogens with zero attached hydrogens (tertiary/aromatic N) is 2. The highest BCUT2D eigenvalue weighted by Gasteiger charge is 2.38. The van der Waals surface area contributed by atoms with Crippen molar-refractivity contribution in [2.75, 3.05) is 37.1 Å². The molecule has 16 heteroatoms. The minimum absolute atomic E-state index is 0.0129. The Kier molecular flexibility index (Phi) is 12.7. The van der Waals surface area contributed by atoms with Gasteiger partial charge in [0, 0.05) is 18.5 Å². The topological polar surface area (TPSA) is 166 Å². The average molecular weight is 602 g/mol. The quantitative estimate of drug-likeness (QED) is 0.185. The number of carbonyl (C=O) groups excluding carboxylic acids is 2. The summed E-state index contributed by atoms with van der Waals surface area (Å²) in [7, 11) is 0. The van der Waals surface area contributed by atoms with Gasteiger partial charge in [-0.1, -0.05) is 11.6 Å². The standard InChI is InChI=1S/C23H23ClFN5O4.C2HF3O2/c24-15-4-7-20(28-14-15)30-23(32)21-18(3-1-10-27-21)29-22(31)17-6-5-16(33-12-8-25)13-19(17)34-11-2-9-26;3-2(4,5)1(6)7/h1,3-7,10,13-14H,2,8-9,11-12,26H2,(H,29,31)(H,28,30,32);(H,6,7). The first-order valence-corrected chi connectivity index (χ1v) is 12.0. The number of pyridine rings is 2. The first-order chi connectivity index (χ1) is 19.5. The number of aliphatic carboxylic acids is 1. The SMILES string of the molecule is NCCCOc1cc(OCCF)ccc1C(=O)Nc1cccnc1C(=O)Nc1ccc(Cl)cn1.O=C(O)C(F)(F)F. The molecule has 0 radical (unpaired) electrons. The molecule has 41 heavy (non-hydrogen) atoms. The molecular formula is C25H24ClF4N5O6. The second-order valence-corrected chi connectivity index (χ2v) is 8.09. The van der Waals surface area contributed by atoms with Crippen LogP contribution < -0.4 is 25.8 Å². The fraction of sp³-hybridized carbons (Fsp3) is 0.240. The Morgan fingerprint density at radius 1 is 1.00 bits per heavy atom. The van der Waals surface area contributed by atoms with Gasteiger partial charge < -0.3 is 30.9 Å². The maximum Gasteiger partial charge on any atom is 0.490 e. The highest BCUT2D eigenvalue weighted by Crippen LogP contribution is 2.27. The van der Waals surface area contributed by atoms with E-state index in [1.165, 1.54) is 30.6 Å². The molecular weight excluding hydrogens is 578 g/mol. The van der Waals surface area contributed by atoms with Crippen LogP contribution in [0.5, 0.6) is 11.5 Å². The Morgan fingerprint density at radius 3 is 2.34 bits per heavy atom. The zero-order valence-corrected chi connectivity index (χ0v) is 21.8. The van der Waals surface area contributed by atoms with Gasteiger partial charge in [-0.2, -0.15) is 13.2 Å². The van der Waals surface area contributed by atoms with E-state index in [9.17, 15) is 27.2 Å². The maximum absolute atomic E-state index is 13.1. The molecule has 220 valence electrons. The van der Waals surface area contributed by atoms with Gasteiger partial charge in [-0.25, -0.2) is 19.2 Å². The lowest BCUT2D eigenvalue weighted by molar-refractivity contribution is -0.192. The number of anilines is 2. The summed E-state index contributed by atoms with van der Waals surface area (Å²) < 4.78 is 55.2. The van der Waals surface area contributed by atoms with Crippen LogP contribution in [0.4, 0.5) is 29.1 Å². The molecule has 0 atom stereocenters. The number of carboxylic acids is 1. The van der Waals surface area contributed by atoms with E-state index in [2.05, 4.69) is 20.6 Å². The zero-order chi connectivity index (χ0) is 30.4. The van der Waals surface area contributed by atoms with Gasteiger partial charge in [0.05, 0.1) is 22.9 Å². The molecule has 0 unspecified atom stereocenters. The minimum Gasteiger partial charge on any atom is -0.493 e. The summed E-state index contributed by atoms with van der Waals surface area (Å²) >= 11 is 5.82. The lowest BCUT2D eigenvalue weighted by atomic mass is 10.1. The molecule has 3 rings (SSSR count). The van der Waals surface area contributed by atoms with Crippen LogP contribution >= 0.6 is 11.6 Å². The zero-order valence-electron chi connectivity index (χ0n) is 21.1. The van der Waals surface area contributed by atoms with Crippen LogP contribution in [0.3, 0.4) is 0 Å². The van der Waals surface area contributed by atoms with E-state index in [4.69, 9.17) is 36.7 Å². The number of hydrogen-bond donors (Lipinski definition) is 4. The average Bonchev–Trinajstić information content (AvgIpc) is 2.93. The van der Waals surface area contributed by atoms with Gasteiger partial charge in [0.2, 0.25) is 0 Å². The van der Waals surface area contributed by atoms with Gasteiger partial charge in [-0.15, -0.1) is 0 Å². The molecule has 11 nitrogen and oxygen atoms in total. The molecule has 2 amide bonds. The van der Waals surface area contributed by atoms with Gasteiger partial charge >= 0.3 is 12.1 Å². The molecule has 0 spiro atoms. The molecule has 0 bridgehead atoms. The Balaban J connectivity index is 0.000000745. The summed E-state index contributed by atoms with van der Waals surface area (Å²) in [6.45, 7) is -0.0817. The number of hydrogen-bond acceptors (Lipinski definition) is 8. The van der Waals surface area contributed by atoms with E-state index in [-0.39, 0.29) is 41.7 Å². The van der Waals surface area contributed by atoms with Crippen molar-refractivity contribution >= 4 is 40.9 Å². The van der Waals surface area contributed by atoms with Crippen LogP contribution in [-0.4, -0.2) is 65.5 Å². The summed E-state index contributed by atoms with van der Waals surface area (Å²) in [6.07, 6.45) is -1.69. The third-order valence-corrected chi connectivity index (χ3v) is 4.86. The normalized spacial score (nSPS) is 10.6. The third-order valence-electron chi connectivity index (χ3n) is 4.63. The molecule has 0 fully saturated rings. The molecule has 1 aromatic carbocycles. The first kappa shape index (κ1) is 32.7. The fourth-order valence-corrected chi connectivity index (χ4v) is 2.94. The van der Waals surface area contributed by atoms with Gasteiger partial charge in [0.25, 0.3) is 11.8 Å². The van der Waals surface area contributed by atoms with E-state index < -0.39 is 30.6 Å². The second kappa shape index (κ2) is 15.9. The highest BCUT2D eigenvalue weighted by atomic mass is 35.5. The number of aromatic nitrogens is 2. The summed E-state index contributed by atoms with van der Waals surface area (Å²) in [5, 5.41) is 12.8. The molecule has 2 aromatic heterocycles. The summed E-state index contributed by atoms with van der Waals surface area (Å²) in [4.78, 5) is 42.8. The van der Waals surface area contributed by atoms with Crippen LogP contribution in [0.25, 0.3) is 0 Å². The molecule has 0 aliphatic carbocycles. The van der Waals surface area contributed by atoms with Crippen molar-refractivity contribution < 1.29 is 46.5 Å². The molecule has 0 saturated heterocycles. The molecule has 3 aromatic rings. The lowest BCUT2D eigenvalue weighted by Gasteiger charge is -2.15. The maximum atomic E-state index is 13.1. The van der Waals surface area contributed by atoms with E-state index >= 15 is 0 Å². The number of carboxylic acid groups (broad SMARTS) is 1. The van der Waals surface area contributed by atoms with E-state index in [1.807, 2.05) is 0 Å². The van der Waals surface area contributed by atoms with Crippen molar-refractivity contribution in [3.8, 4) is 11.5 Å². The number of nitrogens with one attached hydrogen (secondary N) is 2. The van der Waals surface area contributed by atoms with Gasteiger partial charge in [-0.3, -0.25) is 9.59 Å². The summed E-state index contributed by atoms with van der Waals surface area (Å²) in [5.74, 6) is -2.99. The monoisotopic (exact) mass is 601 g/mol. The highest BCUT2D eigenvalue weighted by molar-refractivity contribution is 6.30. The Bertz CT molecular complexity index is 1330. The van der Waals surface area contributed by atoms with Crippen molar-refractivity contribution in [1.29, 1.82) is 0 Å². The van der Waals surface area contributed by atoms with Crippen LogP contribution in [-0.2, 0) is 4.79 Å². The predicted molar refractivity (Wildman–Crippen MR) is 140 cm³/mol. The first-order valence-electron chi connectivity index (χ1n) is 11.6. The smallest absolute Gasteiger partial charge is 0.490 e. The number of nitrogens with two attached hydrogens (primary N) is 1. The third kappa shape index (κ3) is 10.9. The summed E-state index contributed by atoms with van der Waals surface area (Å²) in [6, 6.07) is 10.8. The second-order valence-electron chi connectivity index (χ2n) is 7.66. The van der Waals surface area contributed by atoms with Gasteiger partial charge in [-0.05, 0) is 49.4 Å². The van der Waals surface area contributed by atoms with Crippen LogP contribution in [0.15, 0.2) is 54.9 Å². The number of rotatable bonds is 11. The van der Waals surface area contributed by atoms with Crippen molar-refractivity contribution in [1.82, 2.24) is 9.97 Å². The largest absolute Gasteiger partial charge is 0.493 e. The van der Waals surface area contributed by atoms with Gasteiger partial charge in [0.15, 0.2) is 5.69 Å². The van der Waals surface area contributed by atoms with Crippen molar-refractivity contribution in [3.63, 3.8) is 0 Å². The lowest BCUT2D eigenvalue weighted by Crippen LogP contribution is -2.21. The molecule has 0 aliphatic heterocycles. The molecule has 2 heterocycles. The van der Waals surface area contributed by atoms with Crippen LogP contribution in [0.1, 0.15) is 27.3 Å². The van der Waals surface area contributed by atoms with E-state index in [1.54, 1.807) is 24.3 Å². The van der Waals surface area contributed by atoms with E-state index in [0.29, 0.717) is 23.7 Å². The number of alkyl halides is 4. The van der Waals surface area contributed by atoms with Crippen LogP contribution in [0.2, 0.25) is 5.02 Å². The fourth-order valence-electron chi connectivity index (χ4n) is 2.82. The van der Waals surface area contributed by atoms with Crippen molar-refractivity contribution in [3.05, 3.63) is 71.1 Å². The predicted octanol–water partition coefficient (Wildman–Crippen LogP) is 4.34. The molecule has 0 aliphatic rings.